The highest BCUT2D eigenvalue weighted by Crippen LogP contribution is 2.22. The number of rotatable bonds is 8. The van der Waals surface area contributed by atoms with Crippen LogP contribution in [0.15, 0.2) is 48.5 Å². The van der Waals surface area contributed by atoms with Gasteiger partial charge >= 0.3 is 5.97 Å². The molecule has 6 nitrogen and oxygen atoms in total. The van der Waals surface area contributed by atoms with E-state index in [0.717, 1.165) is 5.56 Å². The molecule has 0 spiro atoms. The Morgan fingerprint density at radius 3 is 2.24 bits per heavy atom. The molecule has 0 aromatic heterocycles. The Hall–Kier alpha value is -3.15. The van der Waals surface area contributed by atoms with E-state index >= 15 is 0 Å². The van der Waals surface area contributed by atoms with Gasteiger partial charge in [-0.05, 0) is 30.0 Å². The van der Waals surface area contributed by atoms with Gasteiger partial charge in [-0.2, -0.15) is 0 Å². The lowest BCUT2D eigenvalue weighted by molar-refractivity contribution is -0.141. The largest absolute Gasteiger partial charge is 0.493 e. The van der Waals surface area contributed by atoms with Crippen molar-refractivity contribution in [1.29, 1.82) is 0 Å². The van der Waals surface area contributed by atoms with Crippen LogP contribution in [0.2, 0.25) is 0 Å². The molecule has 0 saturated heterocycles. The first-order valence-electron chi connectivity index (χ1n) is 9.51. The van der Waals surface area contributed by atoms with E-state index in [9.17, 15) is 14.4 Å². The maximum absolute atomic E-state index is 12.3. The van der Waals surface area contributed by atoms with Crippen molar-refractivity contribution in [2.75, 3.05) is 19.8 Å². The van der Waals surface area contributed by atoms with Gasteiger partial charge in [0.2, 0.25) is 0 Å². The fraction of sp³-hybridized carbons (Fsp3) is 0.348. The molecule has 0 saturated carbocycles. The minimum atomic E-state index is -0.688. The molecule has 0 bridgehead atoms. The van der Waals surface area contributed by atoms with E-state index in [1.807, 2.05) is 19.1 Å². The smallest absolute Gasteiger partial charge is 0.325 e. The summed E-state index contributed by atoms with van der Waals surface area (Å²) >= 11 is 0. The van der Waals surface area contributed by atoms with Crippen LogP contribution in [-0.4, -0.2) is 37.4 Å². The van der Waals surface area contributed by atoms with Crippen molar-refractivity contribution in [2.45, 2.75) is 33.1 Å². The summed E-state index contributed by atoms with van der Waals surface area (Å²) < 4.78 is 10.4. The normalized spacial score (nSPS) is 10.9. The number of nitrogens with one attached hydrogen (secondary N) is 1. The van der Waals surface area contributed by atoms with E-state index in [4.69, 9.17) is 9.47 Å². The number of benzene rings is 2. The standard InChI is InChI=1S/C23H27NO5/c1-5-28-20-9-7-6-8-18(20)22(27)24-14-21(26)29-15-19(25)16-10-12-17(13-11-16)23(2,3)4/h6-13H,5,14-15H2,1-4H3,(H,24,27). The van der Waals surface area contributed by atoms with Gasteiger partial charge in [0.1, 0.15) is 12.3 Å². The molecule has 0 heterocycles. The zero-order chi connectivity index (χ0) is 21.4. The highest BCUT2D eigenvalue weighted by Gasteiger charge is 2.16. The fourth-order valence-electron chi connectivity index (χ4n) is 2.62. The molecule has 0 fully saturated rings. The van der Waals surface area contributed by atoms with E-state index in [1.54, 1.807) is 36.4 Å². The lowest BCUT2D eigenvalue weighted by Gasteiger charge is -2.18. The Kier molecular flexibility index (Phi) is 7.53. The molecule has 0 atom stereocenters. The highest BCUT2D eigenvalue weighted by atomic mass is 16.5. The Balaban J connectivity index is 1.84. The Labute approximate surface area is 171 Å². The van der Waals surface area contributed by atoms with Gasteiger partial charge in [0.15, 0.2) is 12.4 Å². The van der Waals surface area contributed by atoms with Crippen molar-refractivity contribution in [3.8, 4) is 5.75 Å². The average molecular weight is 397 g/mol. The third kappa shape index (κ3) is 6.45. The van der Waals surface area contributed by atoms with Gasteiger partial charge in [0, 0.05) is 5.56 Å². The van der Waals surface area contributed by atoms with Gasteiger partial charge in [-0.25, -0.2) is 0 Å². The summed E-state index contributed by atoms with van der Waals surface area (Å²) in [5, 5.41) is 2.48. The van der Waals surface area contributed by atoms with Crippen LogP contribution in [0, 0.1) is 0 Å². The molecule has 2 aromatic rings. The topological polar surface area (TPSA) is 81.7 Å². The van der Waals surface area contributed by atoms with Gasteiger partial charge in [-0.3, -0.25) is 14.4 Å². The monoisotopic (exact) mass is 397 g/mol. The number of ketones is 1. The lowest BCUT2D eigenvalue weighted by atomic mass is 9.86. The van der Waals surface area contributed by atoms with Gasteiger partial charge in [-0.15, -0.1) is 0 Å². The molecule has 0 unspecified atom stereocenters. The van der Waals surface area contributed by atoms with Crippen LogP contribution >= 0.6 is 0 Å². The second kappa shape index (κ2) is 9.87. The summed E-state index contributed by atoms with van der Waals surface area (Å²) in [5.41, 5.74) is 1.91. The molecule has 6 heteroatoms. The third-order valence-corrected chi connectivity index (χ3v) is 4.26. The maximum Gasteiger partial charge on any atom is 0.325 e. The first kappa shape index (κ1) is 22.1. The van der Waals surface area contributed by atoms with Crippen molar-refractivity contribution in [2.24, 2.45) is 0 Å². The highest BCUT2D eigenvalue weighted by molar-refractivity contribution is 5.99. The maximum atomic E-state index is 12.3. The molecule has 2 aromatic carbocycles. The van der Waals surface area contributed by atoms with Gasteiger partial charge in [0.25, 0.3) is 5.91 Å². The van der Waals surface area contributed by atoms with Crippen molar-refractivity contribution in [1.82, 2.24) is 5.32 Å². The SMILES string of the molecule is CCOc1ccccc1C(=O)NCC(=O)OCC(=O)c1ccc(C(C)(C)C)cc1. The Bertz CT molecular complexity index is 866. The number of hydrogen-bond donors (Lipinski definition) is 1. The summed E-state index contributed by atoms with van der Waals surface area (Å²) in [6.45, 7) is 7.80. The molecule has 154 valence electrons. The van der Waals surface area contributed by atoms with Crippen molar-refractivity contribution in [3.63, 3.8) is 0 Å². The average Bonchev–Trinajstić information content (AvgIpc) is 2.70. The third-order valence-electron chi connectivity index (χ3n) is 4.26. The van der Waals surface area contributed by atoms with Crippen LogP contribution < -0.4 is 10.1 Å². The van der Waals surface area contributed by atoms with Crippen LogP contribution in [0.1, 0.15) is 54.0 Å². The lowest BCUT2D eigenvalue weighted by Crippen LogP contribution is -2.31. The minimum Gasteiger partial charge on any atom is -0.493 e. The second-order valence-electron chi connectivity index (χ2n) is 7.52. The summed E-state index contributed by atoms with van der Waals surface area (Å²) in [6.07, 6.45) is 0. The fourth-order valence-corrected chi connectivity index (χ4v) is 2.62. The number of carbonyl (C=O) groups is 3. The number of para-hydroxylation sites is 1. The van der Waals surface area contributed by atoms with Crippen LogP contribution in [0.4, 0.5) is 0 Å². The molecule has 1 N–H and O–H groups in total. The van der Waals surface area contributed by atoms with Crippen LogP contribution in [0.3, 0.4) is 0 Å². The number of ether oxygens (including phenoxy) is 2. The summed E-state index contributed by atoms with van der Waals surface area (Å²) in [6, 6.07) is 14.0. The number of hydrogen-bond acceptors (Lipinski definition) is 5. The van der Waals surface area contributed by atoms with Crippen molar-refractivity contribution < 1.29 is 23.9 Å². The molecular formula is C23H27NO5. The van der Waals surface area contributed by atoms with E-state index in [2.05, 4.69) is 26.1 Å². The van der Waals surface area contributed by atoms with Gasteiger partial charge < -0.3 is 14.8 Å². The molecule has 2 rings (SSSR count). The van der Waals surface area contributed by atoms with Gasteiger partial charge in [0.05, 0.1) is 12.2 Å². The molecule has 1 amide bonds. The zero-order valence-electron chi connectivity index (χ0n) is 17.3. The number of esters is 1. The molecular weight excluding hydrogens is 370 g/mol. The van der Waals surface area contributed by atoms with Crippen LogP contribution in [0.5, 0.6) is 5.75 Å². The van der Waals surface area contributed by atoms with E-state index in [1.165, 1.54) is 0 Å². The van der Waals surface area contributed by atoms with E-state index < -0.39 is 11.9 Å². The molecule has 0 aliphatic rings. The van der Waals surface area contributed by atoms with Crippen LogP contribution in [-0.2, 0) is 14.9 Å². The minimum absolute atomic E-state index is 0.00691. The quantitative estimate of drug-likeness (QED) is 0.544. The second-order valence-corrected chi connectivity index (χ2v) is 7.52. The Morgan fingerprint density at radius 1 is 0.966 bits per heavy atom. The number of carbonyl (C=O) groups excluding carboxylic acids is 3. The predicted molar refractivity (Wildman–Crippen MR) is 110 cm³/mol. The van der Waals surface area contributed by atoms with Crippen LogP contribution in [0.25, 0.3) is 0 Å². The van der Waals surface area contributed by atoms with Gasteiger partial charge in [-0.1, -0.05) is 57.2 Å². The summed E-state index contributed by atoms with van der Waals surface area (Å²) in [7, 11) is 0. The Morgan fingerprint density at radius 2 is 1.62 bits per heavy atom. The molecule has 0 aliphatic heterocycles. The zero-order valence-corrected chi connectivity index (χ0v) is 17.3. The molecule has 0 radical (unpaired) electrons. The van der Waals surface area contributed by atoms with E-state index in [0.29, 0.717) is 23.5 Å². The molecule has 29 heavy (non-hydrogen) atoms. The predicted octanol–water partition coefficient (Wildman–Crippen LogP) is 3.54. The molecule has 0 aliphatic carbocycles. The first-order chi connectivity index (χ1) is 13.7. The number of Topliss-reactive ketones (excluding diaryl/α,β-unsaturated/α-hetero) is 1. The first-order valence-corrected chi connectivity index (χ1v) is 9.51. The van der Waals surface area contributed by atoms with Crippen molar-refractivity contribution >= 4 is 17.7 Å². The van der Waals surface area contributed by atoms with E-state index in [-0.39, 0.29) is 24.3 Å². The summed E-state index contributed by atoms with van der Waals surface area (Å²) in [4.78, 5) is 36.3. The number of amides is 1. The van der Waals surface area contributed by atoms with Crippen molar-refractivity contribution in [3.05, 3.63) is 65.2 Å². The summed E-state index contributed by atoms with van der Waals surface area (Å²) in [5.74, 6) is -0.997.